The number of nitrogens with one attached hydrogen (secondary N) is 1. The maximum absolute atomic E-state index is 3.66. The lowest BCUT2D eigenvalue weighted by Crippen LogP contribution is -2.11. The van der Waals surface area contributed by atoms with E-state index in [9.17, 15) is 0 Å². The van der Waals surface area contributed by atoms with E-state index in [0.29, 0.717) is 0 Å². The molecule has 0 aromatic carbocycles. The molecule has 76 valence electrons. The SMILES string of the molecule is C=C/C=C\c1cc(C(C)(C)C)[nH]c1C. The van der Waals surface area contributed by atoms with Gasteiger partial charge in [0.25, 0.3) is 0 Å². The molecule has 0 saturated carbocycles. The van der Waals surface area contributed by atoms with Crippen LogP contribution in [0.2, 0.25) is 0 Å². The first kappa shape index (κ1) is 10.8. The van der Waals surface area contributed by atoms with Crippen molar-refractivity contribution in [3.63, 3.8) is 0 Å². The Labute approximate surface area is 86.5 Å². The van der Waals surface area contributed by atoms with Crippen molar-refractivity contribution in [1.29, 1.82) is 0 Å². The lowest BCUT2D eigenvalue weighted by molar-refractivity contribution is 0.572. The van der Waals surface area contributed by atoms with E-state index in [1.54, 1.807) is 6.08 Å². The number of aryl methyl sites for hydroxylation is 1. The molecule has 0 unspecified atom stereocenters. The number of hydrogen-bond acceptors (Lipinski definition) is 0. The molecule has 0 spiro atoms. The zero-order valence-electron chi connectivity index (χ0n) is 9.52. The number of hydrogen-bond donors (Lipinski definition) is 1. The quantitative estimate of drug-likeness (QED) is 0.681. The number of aromatic nitrogens is 1. The van der Waals surface area contributed by atoms with Crippen molar-refractivity contribution in [3.05, 3.63) is 41.7 Å². The molecule has 1 heterocycles. The lowest BCUT2D eigenvalue weighted by Gasteiger charge is -2.15. The predicted molar refractivity (Wildman–Crippen MR) is 63.5 cm³/mol. The van der Waals surface area contributed by atoms with E-state index in [-0.39, 0.29) is 5.41 Å². The van der Waals surface area contributed by atoms with E-state index in [1.807, 2.05) is 6.08 Å². The Kier molecular flexibility index (Phi) is 3.00. The maximum atomic E-state index is 3.66. The minimum absolute atomic E-state index is 0.186. The zero-order valence-corrected chi connectivity index (χ0v) is 9.52. The van der Waals surface area contributed by atoms with Gasteiger partial charge in [-0.15, -0.1) is 0 Å². The highest BCUT2D eigenvalue weighted by atomic mass is 14.7. The van der Waals surface area contributed by atoms with Gasteiger partial charge in [-0.25, -0.2) is 0 Å². The Balaban J connectivity index is 3.05. The van der Waals surface area contributed by atoms with Gasteiger partial charge in [0.05, 0.1) is 0 Å². The van der Waals surface area contributed by atoms with Crippen LogP contribution in [0.5, 0.6) is 0 Å². The minimum atomic E-state index is 0.186. The van der Waals surface area contributed by atoms with Crippen molar-refractivity contribution in [2.45, 2.75) is 33.1 Å². The van der Waals surface area contributed by atoms with Gasteiger partial charge in [-0.3, -0.25) is 0 Å². The third kappa shape index (κ3) is 2.38. The molecular formula is C13H19N. The monoisotopic (exact) mass is 189 g/mol. The normalized spacial score (nSPS) is 12.3. The summed E-state index contributed by atoms with van der Waals surface area (Å²) in [5, 5.41) is 0. The highest BCUT2D eigenvalue weighted by molar-refractivity contribution is 5.55. The molecular weight excluding hydrogens is 170 g/mol. The topological polar surface area (TPSA) is 15.8 Å². The number of rotatable bonds is 2. The van der Waals surface area contributed by atoms with Gasteiger partial charge in [0, 0.05) is 16.8 Å². The third-order valence-electron chi connectivity index (χ3n) is 2.27. The molecule has 0 fully saturated rings. The van der Waals surface area contributed by atoms with Crippen LogP contribution in [-0.4, -0.2) is 4.98 Å². The molecule has 1 N–H and O–H groups in total. The molecule has 0 amide bonds. The fourth-order valence-electron chi connectivity index (χ4n) is 1.32. The van der Waals surface area contributed by atoms with Gasteiger partial charge in [-0.2, -0.15) is 0 Å². The average Bonchev–Trinajstić information content (AvgIpc) is 2.43. The summed E-state index contributed by atoms with van der Waals surface area (Å²) in [6, 6.07) is 2.20. The smallest absolute Gasteiger partial charge is 0.0209 e. The van der Waals surface area contributed by atoms with Crippen molar-refractivity contribution in [2.24, 2.45) is 0 Å². The minimum Gasteiger partial charge on any atom is -0.362 e. The fourth-order valence-corrected chi connectivity index (χ4v) is 1.32. The molecule has 14 heavy (non-hydrogen) atoms. The Hall–Kier alpha value is -1.24. The third-order valence-corrected chi connectivity index (χ3v) is 2.27. The van der Waals surface area contributed by atoms with Crippen LogP contribution in [0.15, 0.2) is 24.8 Å². The van der Waals surface area contributed by atoms with Crippen LogP contribution in [0, 0.1) is 6.92 Å². The van der Waals surface area contributed by atoms with Gasteiger partial charge < -0.3 is 4.98 Å². The van der Waals surface area contributed by atoms with Gasteiger partial charge >= 0.3 is 0 Å². The summed E-state index contributed by atoms with van der Waals surface area (Å²) < 4.78 is 0. The van der Waals surface area contributed by atoms with E-state index in [4.69, 9.17) is 0 Å². The van der Waals surface area contributed by atoms with Crippen LogP contribution in [-0.2, 0) is 5.41 Å². The average molecular weight is 189 g/mol. The summed E-state index contributed by atoms with van der Waals surface area (Å²) in [7, 11) is 0. The molecule has 0 aliphatic carbocycles. The van der Waals surface area contributed by atoms with Crippen LogP contribution in [0.1, 0.15) is 37.7 Å². The first-order valence-electron chi connectivity index (χ1n) is 4.94. The van der Waals surface area contributed by atoms with Crippen LogP contribution in [0.3, 0.4) is 0 Å². The van der Waals surface area contributed by atoms with E-state index < -0.39 is 0 Å². The lowest BCUT2D eigenvalue weighted by atomic mass is 9.92. The highest BCUT2D eigenvalue weighted by Gasteiger charge is 2.16. The van der Waals surface area contributed by atoms with Crippen molar-refractivity contribution < 1.29 is 0 Å². The largest absolute Gasteiger partial charge is 0.362 e. The molecule has 1 heteroatoms. The maximum Gasteiger partial charge on any atom is 0.0209 e. The number of H-pyrrole nitrogens is 1. The standard InChI is InChI=1S/C13H19N/c1-6-7-8-11-9-12(13(3,4)5)14-10(11)2/h6-9,14H,1H2,2-5H3/b8-7-. The number of allylic oxidation sites excluding steroid dienone is 2. The van der Waals surface area contributed by atoms with Crippen LogP contribution >= 0.6 is 0 Å². The Morgan fingerprint density at radius 1 is 1.36 bits per heavy atom. The van der Waals surface area contributed by atoms with Crippen LogP contribution in [0.25, 0.3) is 6.08 Å². The van der Waals surface area contributed by atoms with Crippen LogP contribution in [0.4, 0.5) is 0 Å². The van der Waals surface area contributed by atoms with Gasteiger partial charge in [0.1, 0.15) is 0 Å². The molecule has 1 aromatic heterocycles. The first-order chi connectivity index (χ1) is 6.45. The second-order valence-corrected chi connectivity index (χ2v) is 4.61. The molecule has 1 nitrogen and oxygen atoms in total. The summed E-state index contributed by atoms with van der Waals surface area (Å²) in [6.07, 6.45) is 5.83. The number of aromatic amines is 1. The molecule has 0 radical (unpaired) electrons. The zero-order chi connectivity index (χ0) is 10.8. The fraction of sp³-hybridized carbons (Fsp3) is 0.385. The molecule has 0 aliphatic rings. The van der Waals surface area contributed by atoms with Crippen molar-refractivity contribution in [2.75, 3.05) is 0 Å². The van der Waals surface area contributed by atoms with E-state index in [0.717, 1.165) is 0 Å². The second-order valence-electron chi connectivity index (χ2n) is 4.61. The van der Waals surface area contributed by atoms with Gasteiger partial charge in [-0.1, -0.05) is 45.6 Å². The summed E-state index contributed by atoms with van der Waals surface area (Å²) >= 11 is 0. The Morgan fingerprint density at radius 2 is 2.00 bits per heavy atom. The Morgan fingerprint density at radius 3 is 2.43 bits per heavy atom. The second kappa shape index (κ2) is 3.87. The highest BCUT2D eigenvalue weighted by Crippen LogP contribution is 2.24. The Bertz CT molecular complexity index is 348. The van der Waals surface area contributed by atoms with Crippen molar-refractivity contribution in [1.82, 2.24) is 4.98 Å². The molecule has 1 rings (SSSR count). The van der Waals surface area contributed by atoms with Crippen LogP contribution < -0.4 is 0 Å². The molecule has 0 aliphatic heterocycles. The van der Waals surface area contributed by atoms with Gasteiger partial charge in [0.15, 0.2) is 0 Å². The van der Waals surface area contributed by atoms with Crippen molar-refractivity contribution in [3.8, 4) is 0 Å². The van der Waals surface area contributed by atoms with Crippen molar-refractivity contribution >= 4 is 6.08 Å². The first-order valence-corrected chi connectivity index (χ1v) is 4.94. The summed E-state index contributed by atoms with van der Waals surface area (Å²) in [5.41, 5.74) is 3.92. The van der Waals surface area contributed by atoms with E-state index in [2.05, 4.69) is 51.4 Å². The van der Waals surface area contributed by atoms with E-state index in [1.165, 1.54) is 17.0 Å². The predicted octanol–water partition coefficient (Wildman–Crippen LogP) is 3.82. The van der Waals surface area contributed by atoms with Gasteiger partial charge in [-0.05, 0) is 18.6 Å². The molecule has 0 atom stereocenters. The summed E-state index contributed by atoms with van der Waals surface area (Å²) in [4.78, 5) is 3.41. The molecule has 1 aromatic rings. The van der Waals surface area contributed by atoms with E-state index >= 15 is 0 Å². The summed E-state index contributed by atoms with van der Waals surface area (Å²) in [5.74, 6) is 0. The molecule has 0 saturated heterocycles. The summed E-state index contributed by atoms with van der Waals surface area (Å²) in [6.45, 7) is 12.4. The van der Waals surface area contributed by atoms with Gasteiger partial charge in [0.2, 0.25) is 0 Å². The molecule has 0 bridgehead atoms.